The Bertz CT molecular complexity index is 343. The fourth-order valence-corrected chi connectivity index (χ4v) is 2.39. The SMILES string of the molecule is COc1ccc(C(F)C2(N)CCCC2)cc1. The molecular weight excluding hydrogens is 205 g/mol. The molecule has 1 atom stereocenters. The molecular formula is C13H18FNO. The van der Waals surface area contributed by atoms with Crippen LogP contribution >= 0.6 is 0 Å². The smallest absolute Gasteiger partial charge is 0.143 e. The number of hydrogen-bond donors (Lipinski definition) is 1. The van der Waals surface area contributed by atoms with E-state index in [4.69, 9.17) is 10.5 Å². The van der Waals surface area contributed by atoms with Crippen LogP contribution in [-0.2, 0) is 0 Å². The lowest BCUT2D eigenvalue weighted by atomic mass is 9.88. The largest absolute Gasteiger partial charge is 0.497 e. The average molecular weight is 223 g/mol. The van der Waals surface area contributed by atoms with Crippen LogP contribution in [0.4, 0.5) is 4.39 Å². The van der Waals surface area contributed by atoms with E-state index in [-0.39, 0.29) is 0 Å². The van der Waals surface area contributed by atoms with Crippen LogP contribution in [0, 0.1) is 0 Å². The minimum atomic E-state index is -1.07. The maximum absolute atomic E-state index is 14.3. The van der Waals surface area contributed by atoms with E-state index in [1.54, 1.807) is 31.4 Å². The minimum Gasteiger partial charge on any atom is -0.497 e. The van der Waals surface area contributed by atoms with Gasteiger partial charge >= 0.3 is 0 Å². The Hall–Kier alpha value is -1.09. The summed E-state index contributed by atoms with van der Waals surface area (Å²) in [4.78, 5) is 0. The lowest BCUT2D eigenvalue weighted by Gasteiger charge is -2.28. The zero-order valence-electron chi connectivity index (χ0n) is 9.58. The summed E-state index contributed by atoms with van der Waals surface area (Å²) >= 11 is 0. The van der Waals surface area contributed by atoms with Crippen molar-refractivity contribution in [2.45, 2.75) is 37.4 Å². The summed E-state index contributed by atoms with van der Waals surface area (Å²) in [5.74, 6) is 0.744. The van der Waals surface area contributed by atoms with Crippen LogP contribution in [0.5, 0.6) is 5.75 Å². The minimum absolute atomic E-state index is 0.658. The molecule has 1 aliphatic rings. The van der Waals surface area contributed by atoms with Crippen molar-refractivity contribution in [1.82, 2.24) is 0 Å². The second-order valence-corrected chi connectivity index (χ2v) is 4.58. The Morgan fingerprint density at radius 1 is 1.25 bits per heavy atom. The number of methoxy groups -OCH3 is 1. The molecule has 0 aliphatic heterocycles. The van der Waals surface area contributed by atoms with Crippen molar-refractivity contribution >= 4 is 0 Å². The van der Waals surface area contributed by atoms with Crippen LogP contribution < -0.4 is 10.5 Å². The van der Waals surface area contributed by atoms with Crippen molar-refractivity contribution in [2.24, 2.45) is 5.73 Å². The standard InChI is InChI=1S/C13H18FNO/c1-16-11-6-4-10(5-7-11)12(14)13(15)8-2-3-9-13/h4-7,12H,2-3,8-9,15H2,1H3. The maximum atomic E-state index is 14.3. The number of alkyl halides is 1. The molecule has 0 bridgehead atoms. The molecule has 0 heterocycles. The number of benzene rings is 1. The molecule has 0 amide bonds. The van der Waals surface area contributed by atoms with E-state index >= 15 is 0 Å². The van der Waals surface area contributed by atoms with Crippen LogP contribution in [0.2, 0.25) is 0 Å². The normalized spacial score (nSPS) is 20.7. The first kappa shape index (κ1) is 11.4. The highest BCUT2D eigenvalue weighted by Crippen LogP contribution is 2.40. The number of ether oxygens (including phenoxy) is 1. The lowest BCUT2D eigenvalue weighted by molar-refractivity contribution is 0.194. The molecule has 0 aromatic heterocycles. The molecule has 16 heavy (non-hydrogen) atoms. The molecule has 1 aliphatic carbocycles. The van der Waals surface area contributed by atoms with Gasteiger partial charge in [0.05, 0.1) is 12.6 Å². The zero-order valence-corrected chi connectivity index (χ0v) is 9.58. The third kappa shape index (κ3) is 2.05. The maximum Gasteiger partial charge on any atom is 0.143 e. The average Bonchev–Trinajstić information content (AvgIpc) is 2.77. The van der Waals surface area contributed by atoms with E-state index < -0.39 is 11.7 Å². The summed E-state index contributed by atoms with van der Waals surface area (Å²) in [6.45, 7) is 0. The van der Waals surface area contributed by atoms with Crippen molar-refractivity contribution in [3.8, 4) is 5.75 Å². The summed E-state index contributed by atoms with van der Waals surface area (Å²) < 4.78 is 19.3. The first-order valence-corrected chi connectivity index (χ1v) is 5.73. The van der Waals surface area contributed by atoms with Gasteiger partial charge in [-0.25, -0.2) is 4.39 Å². The number of rotatable bonds is 3. The molecule has 2 rings (SSSR count). The molecule has 1 fully saturated rings. The Kier molecular flexibility index (Phi) is 3.15. The summed E-state index contributed by atoms with van der Waals surface area (Å²) in [5, 5.41) is 0. The van der Waals surface area contributed by atoms with E-state index in [1.165, 1.54) is 0 Å². The molecule has 0 saturated heterocycles. The van der Waals surface area contributed by atoms with Gasteiger partial charge < -0.3 is 10.5 Å². The molecule has 1 aromatic carbocycles. The summed E-state index contributed by atoms with van der Waals surface area (Å²) in [6.07, 6.45) is 2.56. The van der Waals surface area contributed by atoms with Crippen molar-refractivity contribution in [3.05, 3.63) is 29.8 Å². The number of hydrogen-bond acceptors (Lipinski definition) is 2. The molecule has 1 saturated carbocycles. The molecule has 2 nitrogen and oxygen atoms in total. The van der Waals surface area contributed by atoms with Gasteiger partial charge in [0, 0.05) is 0 Å². The van der Waals surface area contributed by atoms with Gasteiger partial charge in [-0.3, -0.25) is 0 Å². The van der Waals surface area contributed by atoms with Gasteiger partial charge in [-0.1, -0.05) is 25.0 Å². The van der Waals surface area contributed by atoms with Gasteiger partial charge in [-0.05, 0) is 30.5 Å². The van der Waals surface area contributed by atoms with Gasteiger partial charge in [0.2, 0.25) is 0 Å². The van der Waals surface area contributed by atoms with Gasteiger partial charge in [0.1, 0.15) is 11.9 Å². The summed E-state index contributed by atoms with van der Waals surface area (Å²) in [6, 6.07) is 7.08. The van der Waals surface area contributed by atoms with E-state index in [0.717, 1.165) is 31.4 Å². The first-order chi connectivity index (χ1) is 7.65. The van der Waals surface area contributed by atoms with Gasteiger partial charge in [-0.15, -0.1) is 0 Å². The van der Waals surface area contributed by atoms with E-state index in [1.807, 2.05) is 0 Å². The number of halogens is 1. The molecule has 1 unspecified atom stereocenters. The third-order valence-corrected chi connectivity index (χ3v) is 3.45. The van der Waals surface area contributed by atoms with Crippen molar-refractivity contribution in [2.75, 3.05) is 7.11 Å². The van der Waals surface area contributed by atoms with E-state index in [2.05, 4.69) is 0 Å². The highest BCUT2D eigenvalue weighted by Gasteiger charge is 2.38. The van der Waals surface area contributed by atoms with Gasteiger partial charge in [0.25, 0.3) is 0 Å². The van der Waals surface area contributed by atoms with Crippen LogP contribution in [0.3, 0.4) is 0 Å². The van der Waals surface area contributed by atoms with Crippen LogP contribution in [0.25, 0.3) is 0 Å². The fraction of sp³-hybridized carbons (Fsp3) is 0.538. The molecule has 3 heteroatoms. The molecule has 1 aromatic rings. The lowest BCUT2D eigenvalue weighted by Crippen LogP contribution is -2.41. The Morgan fingerprint density at radius 3 is 2.31 bits per heavy atom. The first-order valence-electron chi connectivity index (χ1n) is 5.73. The topological polar surface area (TPSA) is 35.2 Å². The van der Waals surface area contributed by atoms with Crippen LogP contribution in [0.1, 0.15) is 37.4 Å². The van der Waals surface area contributed by atoms with Crippen molar-refractivity contribution < 1.29 is 9.13 Å². The zero-order chi connectivity index (χ0) is 11.6. The monoisotopic (exact) mass is 223 g/mol. The highest BCUT2D eigenvalue weighted by molar-refractivity contribution is 5.30. The quantitative estimate of drug-likeness (QED) is 0.855. The summed E-state index contributed by atoms with van der Waals surface area (Å²) in [7, 11) is 1.60. The highest BCUT2D eigenvalue weighted by atomic mass is 19.1. The van der Waals surface area contributed by atoms with E-state index in [0.29, 0.717) is 5.56 Å². The predicted octanol–water partition coefficient (Wildman–Crippen LogP) is 2.98. The molecule has 0 radical (unpaired) electrons. The third-order valence-electron chi connectivity index (χ3n) is 3.45. The van der Waals surface area contributed by atoms with Gasteiger partial charge in [0.15, 0.2) is 0 Å². The molecule has 2 N–H and O–H groups in total. The Labute approximate surface area is 95.6 Å². The van der Waals surface area contributed by atoms with Crippen molar-refractivity contribution in [3.63, 3.8) is 0 Å². The Balaban J connectivity index is 2.16. The van der Waals surface area contributed by atoms with Crippen molar-refractivity contribution in [1.29, 1.82) is 0 Å². The fourth-order valence-electron chi connectivity index (χ4n) is 2.39. The molecule has 0 spiro atoms. The van der Waals surface area contributed by atoms with Crippen LogP contribution in [-0.4, -0.2) is 12.6 Å². The second kappa shape index (κ2) is 4.42. The Morgan fingerprint density at radius 2 is 1.81 bits per heavy atom. The van der Waals surface area contributed by atoms with E-state index in [9.17, 15) is 4.39 Å². The molecule has 88 valence electrons. The van der Waals surface area contributed by atoms with Crippen LogP contribution in [0.15, 0.2) is 24.3 Å². The van der Waals surface area contributed by atoms with Gasteiger partial charge in [-0.2, -0.15) is 0 Å². The second-order valence-electron chi connectivity index (χ2n) is 4.58. The summed E-state index contributed by atoms with van der Waals surface area (Å²) in [5.41, 5.74) is 6.10. The number of nitrogens with two attached hydrogens (primary N) is 1. The predicted molar refractivity (Wildman–Crippen MR) is 62.2 cm³/mol.